The summed E-state index contributed by atoms with van der Waals surface area (Å²) in [6.45, 7) is 11.8. The van der Waals surface area contributed by atoms with Crippen molar-refractivity contribution in [1.29, 1.82) is 0 Å². The third kappa shape index (κ3) is 3.42. The maximum absolute atomic E-state index is 9.50. The lowest BCUT2D eigenvalue weighted by Crippen LogP contribution is -2.46. The molecular weight excluding hydrogens is 204 g/mol. The van der Waals surface area contributed by atoms with Gasteiger partial charge in [0.25, 0.3) is 0 Å². The molecule has 0 saturated carbocycles. The number of aliphatic hydroxyl groups excluding tert-OH is 2. The van der Waals surface area contributed by atoms with E-state index in [1.54, 1.807) is 0 Å². The van der Waals surface area contributed by atoms with Crippen molar-refractivity contribution in [3.05, 3.63) is 0 Å². The number of β-amino-alcohol motifs (C(OH)–C–C–N with tert-alkyl or cyclic N) is 2. The minimum Gasteiger partial charge on any atom is -0.389 e. The topological polar surface area (TPSA) is 55.7 Å². The van der Waals surface area contributed by atoms with Crippen molar-refractivity contribution >= 4 is 0 Å². The fourth-order valence-electron chi connectivity index (χ4n) is 2.27. The smallest absolute Gasteiger partial charge is 0.0938 e. The Morgan fingerprint density at radius 1 is 1.31 bits per heavy atom. The van der Waals surface area contributed by atoms with Gasteiger partial charge in [-0.3, -0.25) is 4.90 Å². The van der Waals surface area contributed by atoms with Crippen LogP contribution in [0.2, 0.25) is 0 Å². The molecule has 1 fully saturated rings. The molecule has 1 aliphatic rings. The molecule has 1 aliphatic heterocycles. The van der Waals surface area contributed by atoms with Crippen molar-refractivity contribution in [2.24, 2.45) is 5.41 Å². The van der Waals surface area contributed by atoms with E-state index >= 15 is 0 Å². The Balaban J connectivity index is 2.46. The van der Waals surface area contributed by atoms with Gasteiger partial charge in [0.1, 0.15) is 0 Å². The number of rotatable bonds is 5. The monoisotopic (exact) mass is 230 g/mol. The summed E-state index contributed by atoms with van der Waals surface area (Å²) in [5.74, 6) is 0. The van der Waals surface area contributed by atoms with Crippen LogP contribution in [0.4, 0.5) is 0 Å². The number of hydrogen-bond acceptors (Lipinski definition) is 4. The molecular formula is C12H26N2O2. The maximum Gasteiger partial charge on any atom is 0.0938 e. The summed E-state index contributed by atoms with van der Waals surface area (Å²) in [7, 11) is 0. The molecule has 16 heavy (non-hydrogen) atoms. The lowest BCUT2D eigenvalue weighted by Gasteiger charge is -2.36. The second kappa shape index (κ2) is 5.45. The Labute approximate surface area is 98.6 Å². The molecule has 0 aromatic rings. The van der Waals surface area contributed by atoms with Crippen LogP contribution in [-0.2, 0) is 0 Å². The van der Waals surface area contributed by atoms with Crippen molar-refractivity contribution in [2.75, 3.05) is 26.2 Å². The Hall–Kier alpha value is -0.160. The van der Waals surface area contributed by atoms with Gasteiger partial charge < -0.3 is 15.5 Å². The summed E-state index contributed by atoms with van der Waals surface area (Å²) in [5, 5.41) is 22.4. The van der Waals surface area contributed by atoms with E-state index in [0.29, 0.717) is 19.1 Å². The molecule has 4 heteroatoms. The van der Waals surface area contributed by atoms with Crippen LogP contribution in [0.25, 0.3) is 0 Å². The molecule has 4 nitrogen and oxygen atoms in total. The summed E-state index contributed by atoms with van der Waals surface area (Å²) in [5.41, 5.74) is 0.139. The molecule has 3 N–H and O–H groups in total. The largest absolute Gasteiger partial charge is 0.389 e. The Morgan fingerprint density at radius 2 is 1.81 bits per heavy atom. The number of aliphatic hydroxyl groups is 2. The van der Waals surface area contributed by atoms with Gasteiger partial charge in [-0.25, -0.2) is 0 Å². The normalized spacial score (nSPS) is 29.6. The summed E-state index contributed by atoms with van der Waals surface area (Å²) in [6.07, 6.45) is -1.16. The molecule has 0 aromatic heterocycles. The first-order chi connectivity index (χ1) is 7.36. The first-order valence-electron chi connectivity index (χ1n) is 6.18. The highest BCUT2D eigenvalue weighted by atomic mass is 16.3. The Morgan fingerprint density at radius 3 is 2.25 bits per heavy atom. The van der Waals surface area contributed by atoms with Gasteiger partial charge >= 0.3 is 0 Å². The lowest BCUT2D eigenvalue weighted by molar-refractivity contribution is 0.0572. The molecule has 1 heterocycles. The standard InChI is InChI=1S/C12H26N2O2/c1-5-13-9(2)12(3,4)8-14-6-10(15)11(16)7-14/h9-11,13,15-16H,5-8H2,1-4H3. The van der Waals surface area contributed by atoms with Crippen molar-refractivity contribution in [1.82, 2.24) is 10.2 Å². The molecule has 1 rings (SSSR count). The van der Waals surface area contributed by atoms with Crippen LogP contribution in [0.1, 0.15) is 27.7 Å². The van der Waals surface area contributed by atoms with Crippen LogP contribution in [0.5, 0.6) is 0 Å². The maximum atomic E-state index is 9.50. The second-order valence-electron chi connectivity index (χ2n) is 5.60. The third-order valence-electron chi connectivity index (χ3n) is 3.65. The summed E-state index contributed by atoms with van der Waals surface area (Å²) in [6, 6.07) is 0.424. The van der Waals surface area contributed by atoms with Crippen LogP contribution >= 0.6 is 0 Å². The number of hydrogen-bond donors (Lipinski definition) is 3. The van der Waals surface area contributed by atoms with Crippen LogP contribution < -0.4 is 5.32 Å². The molecule has 0 bridgehead atoms. The SMILES string of the molecule is CCNC(C)C(C)(C)CN1CC(O)C(O)C1. The Bertz CT molecular complexity index is 211. The molecule has 3 unspecified atom stereocenters. The zero-order valence-electron chi connectivity index (χ0n) is 10.9. The predicted octanol–water partition coefficient (Wildman–Crippen LogP) is 0.0480. The molecule has 0 aromatic carbocycles. The quantitative estimate of drug-likeness (QED) is 0.624. The fraction of sp³-hybridized carbons (Fsp3) is 1.00. The van der Waals surface area contributed by atoms with Crippen molar-refractivity contribution in [2.45, 2.75) is 45.9 Å². The van der Waals surface area contributed by atoms with Gasteiger partial charge in [0.15, 0.2) is 0 Å². The van der Waals surface area contributed by atoms with Crippen LogP contribution in [0, 0.1) is 5.41 Å². The molecule has 1 saturated heterocycles. The van der Waals surface area contributed by atoms with Gasteiger partial charge in [0.05, 0.1) is 12.2 Å². The third-order valence-corrected chi connectivity index (χ3v) is 3.65. The van der Waals surface area contributed by atoms with E-state index in [9.17, 15) is 10.2 Å². The predicted molar refractivity (Wildman–Crippen MR) is 65.4 cm³/mol. The minimum absolute atomic E-state index is 0.139. The fourth-order valence-corrected chi connectivity index (χ4v) is 2.27. The molecule has 0 radical (unpaired) electrons. The highest BCUT2D eigenvalue weighted by Crippen LogP contribution is 2.24. The van der Waals surface area contributed by atoms with Gasteiger partial charge in [-0.05, 0) is 18.9 Å². The lowest BCUT2D eigenvalue weighted by atomic mass is 9.85. The average Bonchev–Trinajstić information content (AvgIpc) is 2.45. The van der Waals surface area contributed by atoms with Gasteiger partial charge in [-0.15, -0.1) is 0 Å². The van der Waals surface area contributed by atoms with E-state index in [2.05, 4.69) is 37.9 Å². The van der Waals surface area contributed by atoms with E-state index in [0.717, 1.165) is 13.1 Å². The van der Waals surface area contributed by atoms with Gasteiger partial charge in [0, 0.05) is 25.7 Å². The zero-order chi connectivity index (χ0) is 12.3. The van der Waals surface area contributed by atoms with Crippen molar-refractivity contribution in [3.63, 3.8) is 0 Å². The first-order valence-corrected chi connectivity index (χ1v) is 6.18. The summed E-state index contributed by atoms with van der Waals surface area (Å²) in [4.78, 5) is 2.14. The first kappa shape index (κ1) is 13.9. The van der Waals surface area contributed by atoms with E-state index < -0.39 is 12.2 Å². The average molecular weight is 230 g/mol. The van der Waals surface area contributed by atoms with Gasteiger partial charge in [0.2, 0.25) is 0 Å². The molecule has 3 atom stereocenters. The zero-order valence-corrected chi connectivity index (χ0v) is 10.9. The van der Waals surface area contributed by atoms with Crippen molar-refractivity contribution in [3.8, 4) is 0 Å². The highest BCUT2D eigenvalue weighted by molar-refractivity contribution is 4.89. The summed E-state index contributed by atoms with van der Waals surface area (Å²) >= 11 is 0. The number of nitrogens with one attached hydrogen (secondary N) is 1. The van der Waals surface area contributed by atoms with Crippen LogP contribution in [0.3, 0.4) is 0 Å². The molecule has 0 aliphatic carbocycles. The van der Waals surface area contributed by atoms with Crippen molar-refractivity contribution < 1.29 is 10.2 Å². The molecule has 96 valence electrons. The van der Waals surface area contributed by atoms with Gasteiger partial charge in [-0.2, -0.15) is 0 Å². The highest BCUT2D eigenvalue weighted by Gasteiger charge is 2.34. The van der Waals surface area contributed by atoms with E-state index in [1.807, 2.05) is 0 Å². The van der Waals surface area contributed by atoms with Gasteiger partial charge in [-0.1, -0.05) is 20.8 Å². The molecule has 0 amide bonds. The van der Waals surface area contributed by atoms with E-state index in [4.69, 9.17) is 0 Å². The Kier molecular flexibility index (Phi) is 4.73. The van der Waals surface area contributed by atoms with E-state index in [1.165, 1.54) is 0 Å². The second-order valence-corrected chi connectivity index (χ2v) is 5.60. The minimum atomic E-state index is -0.578. The number of nitrogens with zero attached hydrogens (tertiary/aromatic N) is 1. The number of likely N-dealkylation sites (tertiary alicyclic amines) is 1. The molecule has 0 spiro atoms. The summed E-state index contributed by atoms with van der Waals surface area (Å²) < 4.78 is 0. The van der Waals surface area contributed by atoms with E-state index in [-0.39, 0.29) is 5.41 Å². The van der Waals surface area contributed by atoms with Crippen LogP contribution in [-0.4, -0.2) is 59.5 Å². The van der Waals surface area contributed by atoms with Crippen LogP contribution in [0.15, 0.2) is 0 Å².